The first kappa shape index (κ1) is 14.1. The number of rotatable bonds is 3. The summed E-state index contributed by atoms with van der Waals surface area (Å²) >= 11 is 0. The molecular formula is C17H26O3. The highest BCUT2D eigenvalue weighted by molar-refractivity contribution is 5.72. The van der Waals surface area contributed by atoms with Crippen molar-refractivity contribution in [3.05, 3.63) is 12.2 Å². The smallest absolute Gasteiger partial charge is 0.306 e. The number of hydrogen-bond donors (Lipinski definition) is 1. The van der Waals surface area contributed by atoms with Gasteiger partial charge < -0.3 is 9.84 Å². The molecule has 3 fully saturated rings. The third-order valence-electron chi connectivity index (χ3n) is 5.58. The molecule has 1 aliphatic heterocycles. The predicted octanol–water partition coefficient (Wildman–Crippen LogP) is 3.07. The van der Waals surface area contributed by atoms with Gasteiger partial charge in [0.15, 0.2) is 0 Å². The standard InChI is InChI=1S/C17H26O3/c1-11-9-16-14(10-17(19)20-16)13(11)7-8-15(18)12-5-3-2-4-6-12/h7-8,11-16,18H,2-6,9-10H2,1H3/b8-7+/t11-,13+,14-,15-,16+/m1/s1. The van der Waals surface area contributed by atoms with Gasteiger partial charge in [-0.05, 0) is 37.0 Å². The fourth-order valence-electron chi connectivity index (χ4n) is 4.39. The molecule has 0 aromatic carbocycles. The van der Waals surface area contributed by atoms with Gasteiger partial charge in [0.2, 0.25) is 0 Å². The van der Waals surface area contributed by atoms with Crippen LogP contribution in [-0.2, 0) is 9.53 Å². The van der Waals surface area contributed by atoms with Crippen LogP contribution in [0.15, 0.2) is 12.2 Å². The minimum atomic E-state index is -0.306. The molecule has 3 nitrogen and oxygen atoms in total. The Balaban J connectivity index is 1.61. The molecule has 1 saturated heterocycles. The van der Waals surface area contributed by atoms with E-state index in [1.54, 1.807) is 0 Å². The van der Waals surface area contributed by atoms with Crippen LogP contribution in [0.5, 0.6) is 0 Å². The molecule has 0 radical (unpaired) electrons. The average Bonchev–Trinajstić information content (AvgIpc) is 2.92. The van der Waals surface area contributed by atoms with E-state index in [9.17, 15) is 9.90 Å². The molecule has 5 atom stereocenters. The second kappa shape index (κ2) is 5.88. The van der Waals surface area contributed by atoms with Crippen LogP contribution in [0.3, 0.4) is 0 Å². The predicted molar refractivity (Wildman–Crippen MR) is 77.0 cm³/mol. The fourth-order valence-corrected chi connectivity index (χ4v) is 4.39. The number of hydrogen-bond acceptors (Lipinski definition) is 3. The second-order valence-corrected chi connectivity index (χ2v) is 6.96. The quantitative estimate of drug-likeness (QED) is 0.637. The minimum absolute atomic E-state index is 0.0434. The summed E-state index contributed by atoms with van der Waals surface area (Å²) in [6.45, 7) is 2.23. The van der Waals surface area contributed by atoms with Crippen molar-refractivity contribution in [2.24, 2.45) is 23.7 Å². The first-order chi connectivity index (χ1) is 9.65. The number of aliphatic hydroxyl groups is 1. The zero-order valence-corrected chi connectivity index (χ0v) is 12.3. The lowest BCUT2D eigenvalue weighted by molar-refractivity contribution is -0.141. The Kier molecular flexibility index (Phi) is 4.16. The van der Waals surface area contributed by atoms with E-state index in [0.717, 1.165) is 19.3 Å². The monoisotopic (exact) mass is 278 g/mol. The molecule has 112 valence electrons. The van der Waals surface area contributed by atoms with Crippen LogP contribution in [0.2, 0.25) is 0 Å². The first-order valence-electron chi connectivity index (χ1n) is 8.21. The van der Waals surface area contributed by atoms with E-state index >= 15 is 0 Å². The highest BCUT2D eigenvalue weighted by Gasteiger charge is 2.47. The van der Waals surface area contributed by atoms with Crippen LogP contribution in [-0.4, -0.2) is 23.3 Å². The van der Waals surface area contributed by atoms with Crippen LogP contribution >= 0.6 is 0 Å². The van der Waals surface area contributed by atoms with E-state index in [-0.39, 0.29) is 18.2 Å². The van der Waals surface area contributed by atoms with E-state index in [1.807, 2.05) is 6.08 Å². The summed E-state index contributed by atoms with van der Waals surface area (Å²) in [5, 5.41) is 10.3. The van der Waals surface area contributed by atoms with Gasteiger partial charge in [0.1, 0.15) is 6.10 Å². The van der Waals surface area contributed by atoms with Crippen LogP contribution in [0, 0.1) is 23.7 Å². The third-order valence-corrected chi connectivity index (χ3v) is 5.58. The summed E-state index contributed by atoms with van der Waals surface area (Å²) in [4.78, 5) is 11.4. The SMILES string of the molecule is C[C@@H]1C[C@@H]2OC(=O)C[C@@H]2[C@H]1/C=C/[C@@H](O)C1CCCCC1. The molecule has 0 aromatic heterocycles. The van der Waals surface area contributed by atoms with Crippen molar-refractivity contribution in [1.29, 1.82) is 0 Å². The summed E-state index contributed by atoms with van der Waals surface area (Å²) in [5.41, 5.74) is 0. The Hall–Kier alpha value is -0.830. The van der Waals surface area contributed by atoms with Gasteiger partial charge in [-0.2, -0.15) is 0 Å². The largest absolute Gasteiger partial charge is 0.462 e. The number of carbonyl (C=O) groups excluding carboxylic acids is 1. The summed E-state index contributed by atoms with van der Waals surface area (Å²) in [6.07, 6.45) is 11.7. The highest BCUT2D eigenvalue weighted by atomic mass is 16.6. The molecule has 20 heavy (non-hydrogen) atoms. The third kappa shape index (κ3) is 2.78. The Morgan fingerprint density at radius 1 is 1.30 bits per heavy atom. The maximum absolute atomic E-state index is 11.4. The molecule has 1 heterocycles. The molecule has 0 spiro atoms. The molecule has 3 heteroatoms. The van der Waals surface area contributed by atoms with Crippen LogP contribution in [0.4, 0.5) is 0 Å². The van der Waals surface area contributed by atoms with Crippen LogP contribution in [0.25, 0.3) is 0 Å². The number of fused-ring (bicyclic) bond motifs is 1. The number of esters is 1. The Morgan fingerprint density at radius 3 is 2.80 bits per heavy atom. The molecule has 2 aliphatic carbocycles. The van der Waals surface area contributed by atoms with E-state index in [1.165, 1.54) is 19.3 Å². The van der Waals surface area contributed by atoms with Gasteiger partial charge in [-0.3, -0.25) is 4.79 Å². The average molecular weight is 278 g/mol. The normalized spacial score (nSPS) is 40.0. The van der Waals surface area contributed by atoms with Gasteiger partial charge in [-0.25, -0.2) is 0 Å². The summed E-state index contributed by atoms with van der Waals surface area (Å²) in [6, 6.07) is 0. The van der Waals surface area contributed by atoms with Gasteiger partial charge in [0.25, 0.3) is 0 Å². The zero-order valence-electron chi connectivity index (χ0n) is 12.3. The van der Waals surface area contributed by atoms with Crippen molar-refractivity contribution in [2.75, 3.05) is 0 Å². The van der Waals surface area contributed by atoms with Crippen LogP contribution in [0.1, 0.15) is 51.9 Å². The molecule has 3 rings (SSSR count). The number of aliphatic hydroxyl groups excluding tert-OH is 1. The van der Waals surface area contributed by atoms with Crippen molar-refractivity contribution in [3.63, 3.8) is 0 Å². The maximum Gasteiger partial charge on any atom is 0.306 e. The zero-order chi connectivity index (χ0) is 14.1. The van der Waals surface area contributed by atoms with Crippen molar-refractivity contribution in [1.82, 2.24) is 0 Å². The minimum Gasteiger partial charge on any atom is -0.462 e. The highest BCUT2D eigenvalue weighted by Crippen LogP contribution is 2.45. The summed E-state index contributed by atoms with van der Waals surface area (Å²) < 4.78 is 5.37. The molecular weight excluding hydrogens is 252 g/mol. The van der Waals surface area contributed by atoms with E-state index in [2.05, 4.69) is 13.0 Å². The van der Waals surface area contributed by atoms with Gasteiger partial charge in [-0.1, -0.05) is 38.3 Å². The molecule has 0 amide bonds. The Labute approximate surface area is 121 Å². The van der Waals surface area contributed by atoms with E-state index < -0.39 is 0 Å². The summed E-state index contributed by atoms with van der Waals surface area (Å²) in [5.74, 6) is 1.68. The van der Waals surface area contributed by atoms with Crippen molar-refractivity contribution >= 4 is 5.97 Å². The number of carbonyl (C=O) groups is 1. The number of ether oxygens (including phenoxy) is 1. The van der Waals surface area contributed by atoms with E-state index in [4.69, 9.17) is 4.74 Å². The Bertz CT molecular complexity index is 384. The molecule has 0 aromatic rings. The second-order valence-electron chi connectivity index (χ2n) is 6.96. The van der Waals surface area contributed by atoms with Crippen molar-refractivity contribution in [2.45, 2.75) is 64.1 Å². The van der Waals surface area contributed by atoms with Gasteiger partial charge in [0, 0.05) is 5.92 Å². The molecule has 0 bridgehead atoms. The number of allylic oxidation sites excluding steroid dienone is 1. The van der Waals surface area contributed by atoms with Crippen molar-refractivity contribution < 1.29 is 14.6 Å². The first-order valence-corrected chi connectivity index (χ1v) is 8.21. The van der Waals surface area contributed by atoms with Gasteiger partial charge in [-0.15, -0.1) is 0 Å². The van der Waals surface area contributed by atoms with Gasteiger partial charge >= 0.3 is 5.97 Å². The lowest BCUT2D eigenvalue weighted by atomic mass is 9.83. The molecule has 2 saturated carbocycles. The van der Waals surface area contributed by atoms with Crippen LogP contribution < -0.4 is 0 Å². The van der Waals surface area contributed by atoms with Crippen molar-refractivity contribution in [3.8, 4) is 0 Å². The van der Waals surface area contributed by atoms with E-state index in [0.29, 0.717) is 30.1 Å². The van der Waals surface area contributed by atoms with Gasteiger partial charge in [0.05, 0.1) is 12.5 Å². The summed E-state index contributed by atoms with van der Waals surface area (Å²) in [7, 11) is 0. The lowest BCUT2D eigenvalue weighted by Gasteiger charge is -2.25. The molecule has 3 aliphatic rings. The Morgan fingerprint density at radius 2 is 2.05 bits per heavy atom. The topological polar surface area (TPSA) is 46.5 Å². The fraction of sp³-hybridized carbons (Fsp3) is 0.824. The molecule has 1 N–H and O–H groups in total. The lowest BCUT2D eigenvalue weighted by Crippen LogP contribution is -2.21. The maximum atomic E-state index is 11.4. The molecule has 0 unspecified atom stereocenters.